The van der Waals surface area contributed by atoms with Gasteiger partial charge < -0.3 is 15.0 Å². The number of aryl methyl sites for hydroxylation is 1. The number of hydrogen-bond acceptors (Lipinski definition) is 5. The van der Waals surface area contributed by atoms with E-state index in [0.29, 0.717) is 5.75 Å². The number of nitrogens with one attached hydrogen (secondary N) is 1. The second-order valence-corrected chi connectivity index (χ2v) is 14.6. The van der Waals surface area contributed by atoms with Gasteiger partial charge in [0.25, 0.3) is 10.0 Å². The first-order valence-electron chi connectivity index (χ1n) is 15.8. The Hall–Kier alpha value is -4.15. The van der Waals surface area contributed by atoms with Crippen molar-refractivity contribution in [2.24, 2.45) is 0 Å². The first-order valence-corrected chi connectivity index (χ1v) is 18.0. The molecule has 0 spiro atoms. The molecule has 1 fully saturated rings. The van der Waals surface area contributed by atoms with E-state index < -0.39 is 28.5 Å². The molecule has 1 aliphatic rings. The van der Waals surface area contributed by atoms with Gasteiger partial charge in [-0.2, -0.15) is 0 Å². The van der Waals surface area contributed by atoms with E-state index in [-0.39, 0.29) is 35.5 Å². The standard InChI is InChI=1S/C37H40BrN3O5S/c1-27-15-21-34(22-16-27)47(44,45)41(32-13-8-14-33(24-32)46-2)26-36(42)40(25-29-17-19-30(38)20-18-29)35(23-28-9-4-3-5-10-28)37(43)39-31-11-6-7-12-31/h3-5,8-10,13-22,24,31,35H,6-7,11-12,23,25-26H2,1-2H3,(H,39,43)/t35-/m0/s1. The van der Waals surface area contributed by atoms with Gasteiger partial charge in [0.05, 0.1) is 17.7 Å². The quantitative estimate of drug-likeness (QED) is 0.167. The molecule has 47 heavy (non-hydrogen) atoms. The van der Waals surface area contributed by atoms with Crippen molar-refractivity contribution < 1.29 is 22.7 Å². The van der Waals surface area contributed by atoms with E-state index in [1.165, 1.54) is 24.1 Å². The smallest absolute Gasteiger partial charge is 0.264 e. The maximum atomic E-state index is 14.7. The maximum absolute atomic E-state index is 14.7. The van der Waals surface area contributed by atoms with Gasteiger partial charge in [-0.15, -0.1) is 0 Å². The summed E-state index contributed by atoms with van der Waals surface area (Å²) in [5.74, 6) is -0.307. The zero-order valence-electron chi connectivity index (χ0n) is 26.6. The number of methoxy groups -OCH3 is 1. The fourth-order valence-electron chi connectivity index (χ4n) is 5.84. The molecular formula is C37H40BrN3O5S. The van der Waals surface area contributed by atoms with E-state index in [2.05, 4.69) is 21.2 Å². The summed E-state index contributed by atoms with van der Waals surface area (Å²) in [4.78, 5) is 30.4. The molecule has 4 aromatic rings. The van der Waals surface area contributed by atoms with E-state index in [4.69, 9.17) is 4.74 Å². The van der Waals surface area contributed by atoms with Gasteiger partial charge in [0.15, 0.2) is 0 Å². The van der Waals surface area contributed by atoms with Crippen molar-refractivity contribution >= 4 is 43.5 Å². The van der Waals surface area contributed by atoms with Crippen LogP contribution in [0.25, 0.3) is 0 Å². The number of ether oxygens (including phenoxy) is 1. The minimum Gasteiger partial charge on any atom is -0.497 e. The molecule has 1 atom stereocenters. The Balaban J connectivity index is 1.57. The topological polar surface area (TPSA) is 96.0 Å². The van der Waals surface area contributed by atoms with Gasteiger partial charge in [-0.1, -0.05) is 95.0 Å². The van der Waals surface area contributed by atoms with E-state index in [1.54, 1.807) is 36.4 Å². The van der Waals surface area contributed by atoms with Gasteiger partial charge in [0.1, 0.15) is 18.3 Å². The normalized spacial score (nSPS) is 13.9. The predicted octanol–water partition coefficient (Wildman–Crippen LogP) is 6.66. The largest absolute Gasteiger partial charge is 0.497 e. The Kier molecular flexibility index (Phi) is 11.4. The van der Waals surface area contributed by atoms with Crippen molar-refractivity contribution in [1.82, 2.24) is 10.2 Å². The second kappa shape index (κ2) is 15.6. The summed E-state index contributed by atoms with van der Waals surface area (Å²) >= 11 is 3.48. The van der Waals surface area contributed by atoms with Crippen LogP contribution in [0.1, 0.15) is 42.4 Å². The molecule has 246 valence electrons. The maximum Gasteiger partial charge on any atom is 0.264 e. The highest BCUT2D eigenvalue weighted by atomic mass is 79.9. The molecule has 1 saturated carbocycles. The number of carbonyl (C=O) groups is 2. The van der Waals surface area contributed by atoms with Crippen molar-refractivity contribution in [2.45, 2.75) is 62.6 Å². The number of sulfonamides is 1. The summed E-state index contributed by atoms with van der Waals surface area (Å²) in [6, 6.07) is 29.4. The number of carbonyl (C=O) groups excluding carboxylic acids is 2. The minimum atomic E-state index is -4.20. The van der Waals surface area contributed by atoms with Gasteiger partial charge in [-0.3, -0.25) is 13.9 Å². The van der Waals surface area contributed by atoms with Crippen molar-refractivity contribution in [3.05, 3.63) is 124 Å². The monoisotopic (exact) mass is 717 g/mol. The lowest BCUT2D eigenvalue weighted by Crippen LogP contribution is -2.54. The van der Waals surface area contributed by atoms with E-state index in [0.717, 1.165) is 51.2 Å². The number of hydrogen-bond donors (Lipinski definition) is 1. The number of benzene rings is 4. The molecule has 10 heteroatoms. The molecule has 0 bridgehead atoms. The zero-order valence-corrected chi connectivity index (χ0v) is 29.0. The van der Waals surface area contributed by atoms with Gasteiger partial charge >= 0.3 is 0 Å². The van der Waals surface area contributed by atoms with Crippen LogP contribution in [0, 0.1) is 6.92 Å². The summed E-state index contributed by atoms with van der Waals surface area (Å²) in [6.07, 6.45) is 4.14. The lowest BCUT2D eigenvalue weighted by Gasteiger charge is -2.34. The Morgan fingerprint density at radius 3 is 2.23 bits per heavy atom. The van der Waals surface area contributed by atoms with Crippen LogP contribution in [0.15, 0.2) is 112 Å². The third-order valence-electron chi connectivity index (χ3n) is 8.47. The molecule has 0 unspecified atom stereocenters. The highest BCUT2D eigenvalue weighted by Crippen LogP contribution is 2.28. The summed E-state index contributed by atoms with van der Waals surface area (Å²) in [5.41, 5.74) is 2.88. The van der Waals surface area contributed by atoms with E-state index in [1.807, 2.05) is 61.5 Å². The fraction of sp³-hybridized carbons (Fsp3) is 0.297. The van der Waals surface area contributed by atoms with Crippen LogP contribution in [0.4, 0.5) is 5.69 Å². The number of rotatable bonds is 13. The van der Waals surface area contributed by atoms with Crippen LogP contribution in [-0.2, 0) is 32.6 Å². The SMILES string of the molecule is COc1cccc(N(CC(=O)N(Cc2ccc(Br)cc2)[C@@H](Cc2ccccc2)C(=O)NC2CCCC2)S(=O)(=O)c2ccc(C)cc2)c1. The third kappa shape index (κ3) is 8.81. The average Bonchev–Trinajstić information content (AvgIpc) is 3.59. The molecule has 1 aliphatic carbocycles. The second-order valence-electron chi connectivity index (χ2n) is 11.9. The number of halogens is 1. The molecule has 0 heterocycles. The Labute approximate surface area is 285 Å². The summed E-state index contributed by atoms with van der Waals surface area (Å²) in [7, 11) is -2.70. The molecule has 1 N–H and O–H groups in total. The van der Waals surface area contributed by atoms with Crippen LogP contribution < -0.4 is 14.4 Å². The zero-order chi connectivity index (χ0) is 33.4. The van der Waals surface area contributed by atoms with Gasteiger partial charge in [0, 0.05) is 29.5 Å². The van der Waals surface area contributed by atoms with Crippen LogP contribution in [0.2, 0.25) is 0 Å². The average molecular weight is 719 g/mol. The first-order chi connectivity index (χ1) is 22.6. The molecule has 8 nitrogen and oxygen atoms in total. The molecule has 5 rings (SSSR count). The summed E-state index contributed by atoms with van der Waals surface area (Å²) in [6.45, 7) is 1.46. The molecule has 4 aromatic carbocycles. The summed E-state index contributed by atoms with van der Waals surface area (Å²) < 4.78 is 35.9. The molecule has 0 saturated heterocycles. The van der Waals surface area contributed by atoms with Gasteiger partial charge in [0.2, 0.25) is 11.8 Å². The Morgan fingerprint density at radius 2 is 1.57 bits per heavy atom. The molecule has 2 amide bonds. The highest BCUT2D eigenvalue weighted by Gasteiger charge is 2.35. The van der Waals surface area contributed by atoms with Crippen molar-refractivity contribution in [1.29, 1.82) is 0 Å². The van der Waals surface area contributed by atoms with Crippen LogP contribution in [0.5, 0.6) is 5.75 Å². The van der Waals surface area contributed by atoms with Crippen molar-refractivity contribution in [3.8, 4) is 5.75 Å². The molecule has 0 aromatic heterocycles. The van der Waals surface area contributed by atoms with Crippen LogP contribution in [-0.4, -0.2) is 50.9 Å². The summed E-state index contributed by atoms with van der Waals surface area (Å²) in [5, 5.41) is 3.20. The highest BCUT2D eigenvalue weighted by molar-refractivity contribution is 9.10. The first kappa shape index (κ1) is 34.2. The number of nitrogens with zero attached hydrogens (tertiary/aromatic N) is 2. The van der Waals surface area contributed by atoms with Crippen molar-refractivity contribution in [3.63, 3.8) is 0 Å². The van der Waals surface area contributed by atoms with Gasteiger partial charge in [-0.25, -0.2) is 8.42 Å². The van der Waals surface area contributed by atoms with Crippen LogP contribution in [0.3, 0.4) is 0 Å². The van der Waals surface area contributed by atoms with E-state index in [9.17, 15) is 18.0 Å². The number of amides is 2. The molecular weight excluding hydrogens is 678 g/mol. The molecule has 0 radical (unpaired) electrons. The minimum absolute atomic E-state index is 0.0422. The van der Waals surface area contributed by atoms with Crippen LogP contribution >= 0.6 is 15.9 Å². The Bertz CT molecular complexity index is 1760. The lowest BCUT2D eigenvalue weighted by molar-refractivity contribution is -0.140. The lowest BCUT2D eigenvalue weighted by atomic mass is 10.0. The third-order valence-corrected chi connectivity index (χ3v) is 10.8. The Morgan fingerprint density at radius 1 is 0.894 bits per heavy atom. The number of anilines is 1. The van der Waals surface area contributed by atoms with Crippen molar-refractivity contribution in [2.75, 3.05) is 18.0 Å². The molecule has 0 aliphatic heterocycles. The van der Waals surface area contributed by atoms with E-state index >= 15 is 0 Å². The predicted molar refractivity (Wildman–Crippen MR) is 188 cm³/mol. The van der Waals surface area contributed by atoms with Gasteiger partial charge in [-0.05, 0) is 67.3 Å². The fourth-order valence-corrected chi connectivity index (χ4v) is 7.51.